The number of fused-ring (bicyclic) bond motifs is 1. The largest absolute Gasteiger partial charge is 0.368 e. The Morgan fingerprint density at radius 1 is 1.31 bits per heavy atom. The van der Waals surface area contributed by atoms with Crippen LogP contribution in [0.15, 0.2) is 0 Å². The number of nitrogen functional groups attached to an aromatic ring is 1. The second kappa shape index (κ2) is 3.93. The lowest BCUT2D eigenvalue weighted by atomic mass is 9.99. The maximum atomic E-state index is 5.51. The van der Waals surface area contributed by atoms with E-state index < -0.39 is 0 Å². The number of aromatic amines is 1. The molecule has 0 saturated carbocycles. The summed E-state index contributed by atoms with van der Waals surface area (Å²) in [5, 5.41) is 10.1. The van der Waals surface area contributed by atoms with Crippen molar-refractivity contribution in [2.45, 2.75) is 37.8 Å². The minimum atomic E-state index is 0.376. The van der Waals surface area contributed by atoms with Crippen LogP contribution in [0.3, 0.4) is 0 Å². The number of nitrogens with one attached hydrogen (secondary N) is 2. The first-order valence-corrected chi connectivity index (χ1v) is 6.01. The van der Waals surface area contributed by atoms with Crippen LogP contribution in [0.1, 0.15) is 25.7 Å². The van der Waals surface area contributed by atoms with Gasteiger partial charge in [0.1, 0.15) is 0 Å². The Bertz CT molecular complexity index is 362. The van der Waals surface area contributed by atoms with Crippen LogP contribution in [0.5, 0.6) is 0 Å². The summed E-state index contributed by atoms with van der Waals surface area (Å²) in [6.45, 7) is 2.45. The Kier molecular flexibility index (Phi) is 2.43. The summed E-state index contributed by atoms with van der Waals surface area (Å²) >= 11 is 0. The van der Waals surface area contributed by atoms with E-state index in [-0.39, 0.29) is 0 Å². The summed E-state index contributed by atoms with van der Waals surface area (Å²) in [6, 6.07) is 1.14. The quantitative estimate of drug-likeness (QED) is 0.675. The van der Waals surface area contributed by atoms with Gasteiger partial charge in [-0.05, 0) is 25.8 Å². The molecule has 0 amide bonds. The third kappa shape index (κ3) is 1.73. The van der Waals surface area contributed by atoms with E-state index in [0.717, 1.165) is 0 Å². The van der Waals surface area contributed by atoms with Crippen LogP contribution in [0.4, 0.5) is 11.9 Å². The van der Waals surface area contributed by atoms with Gasteiger partial charge in [0.2, 0.25) is 11.9 Å². The minimum absolute atomic E-state index is 0.376. The number of nitrogens with zero attached hydrogens (tertiary/aromatic N) is 3. The average molecular weight is 222 g/mol. The molecule has 6 heteroatoms. The molecule has 0 radical (unpaired) electrons. The van der Waals surface area contributed by atoms with E-state index in [4.69, 9.17) is 5.73 Å². The highest BCUT2D eigenvalue weighted by Gasteiger charge is 2.35. The smallest absolute Gasteiger partial charge is 0.243 e. The molecular weight excluding hydrogens is 204 g/mol. The van der Waals surface area contributed by atoms with Gasteiger partial charge in [-0.15, -0.1) is 5.10 Å². The van der Waals surface area contributed by atoms with Crippen LogP contribution in [0.25, 0.3) is 0 Å². The molecule has 88 valence electrons. The van der Waals surface area contributed by atoms with Crippen LogP contribution in [-0.2, 0) is 0 Å². The predicted molar refractivity (Wildman–Crippen MR) is 62.0 cm³/mol. The van der Waals surface area contributed by atoms with Crippen molar-refractivity contribution in [2.24, 2.45) is 0 Å². The average Bonchev–Trinajstić information content (AvgIpc) is 2.87. The first kappa shape index (κ1) is 9.89. The first-order chi connectivity index (χ1) is 7.83. The lowest BCUT2D eigenvalue weighted by Gasteiger charge is -2.32. The van der Waals surface area contributed by atoms with E-state index in [0.29, 0.717) is 24.0 Å². The van der Waals surface area contributed by atoms with Gasteiger partial charge in [-0.25, -0.2) is 5.10 Å². The fraction of sp³-hybridized carbons (Fsp3) is 0.800. The van der Waals surface area contributed by atoms with Crippen molar-refractivity contribution in [3.05, 3.63) is 0 Å². The molecule has 3 heterocycles. The third-order valence-electron chi connectivity index (χ3n) is 3.67. The zero-order valence-corrected chi connectivity index (χ0v) is 9.32. The van der Waals surface area contributed by atoms with Crippen LogP contribution in [0, 0.1) is 0 Å². The van der Waals surface area contributed by atoms with Crippen LogP contribution in [-0.4, -0.2) is 45.3 Å². The van der Waals surface area contributed by atoms with Gasteiger partial charge in [0.25, 0.3) is 0 Å². The van der Waals surface area contributed by atoms with Crippen LogP contribution in [0.2, 0.25) is 0 Å². The number of piperidine rings is 1. The lowest BCUT2D eigenvalue weighted by Crippen LogP contribution is -2.41. The molecule has 0 bridgehead atoms. The SMILES string of the molecule is Nc1nc(NC2CCN3CCCCC23)n[nH]1. The van der Waals surface area contributed by atoms with Gasteiger partial charge >= 0.3 is 0 Å². The summed E-state index contributed by atoms with van der Waals surface area (Å²) in [5.41, 5.74) is 5.51. The standard InChI is InChI=1S/C10H18N6/c11-9-13-10(15-14-9)12-7-4-6-16-5-2-1-3-8(7)16/h7-8H,1-6H2,(H4,11,12,13,14,15). The zero-order valence-electron chi connectivity index (χ0n) is 9.32. The number of aromatic nitrogens is 3. The van der Waals surface area contributed by atoms with Gasteiger partial charge < -0.3 is 11.1 Å². The molecule has 0 aliphatic carbocycles. The fourth-order valence-corrected chi connectivity index (χ4v) is 2.92. The molecule has 16 heavy (non-hydrogen) atoms. The summed E-state index contributed by atoms with van der Waals surface area (Å²) in [4.78, 5) is 6.67. The first-order valence-electron chi connectivity index (χ1n) is 6.01. The maximum Gasteiger partial charge on any atom is 0.243 e. The highest BCUT2D eigenvalue weighted by Crippen LogP contribution is 2.28. The Hall–Kier alpha value is -1.30. The highest BCUT2D eigenvalue weighted by atomic mass is 15.3. The maximum absolute atomic E-state index is 5.51. The van der Waals surface area contributed by atoms with Gasteiger partial charge in [0.15, 0.2) is 0 Å². The van der Waals surface area contributed by atoms with Crippen molar-refractivity contribution in [1.29, 1.82) is 0 Å². The Labute approximate surface area is 94.6 Å². The summed E-state index contributed by atoms with van der Waals surface area (Å²) in [6.07, 6.45) is 5.16. The van der Waals surface area contributed by atoms with Crippen LogP contribution < -0.4 is 11.1 Å². The van der Waals surface area contributed by atoms with E-state index in [1.165, 1.54) is 38.8 Å². The second-order valence-corrected chi connectivity index (χ2v) is 4.68. The zero-order chi connectivity index (χ0) is 11.0. The van der Waals surface area contributed by atoms with E-state index in [1.807, 2.05) is 0 Å². The molecule has 2 unspecified atom stereocenters. The Morgan fingerprint density at radius 3 is 3.06 bits per heavy atom. The molecule has 2 aliphatic heterocycles. The van der Waals surface area contributed by atoms with Crippen LogP contribution >= 0.6 is 0 Å². The minimum Gasteiger partial charge on any atom is -0.368 e. The molecule has 4 N–H and O–H groups in total. The topological polar surface area (TPSA) is 82.9 Å². The molecule has 1 aromatic rings. The highest BCUT2D eigenvalue weighted by molar-refractivity contribution is 5.32. The molecule has 1 aromatic heterocycles. The monoisotopic (exact) mass is 222 g/mol. The summed E-state index contributed by atoms with van der Waals surface area (Å²) < 4.78 is 0. The van der Waals surface area contributed by atoms with Crippen molar-refractivity contribution >= 4 is 11.9 Å². The molecular formula is C10H18N6. The van der Waals surface area contributed by atoms with Gasteiger partial charge in [-0.1, -0.05) is 6.42 Å². The lowest BCUT2D eigenvalue weighted by molar-refractivity contribution is 0.192. The number of H-pyrrole nitrogens is 1. The van der Waals surface area contributed by atoms with Crippen molar-refractivity contribution < 1.29 is 0 Å². The third-order valence-corrected chi connectivity index (χ3v) is 3.67. The molecule has 2 atom stereocenters. The molecule has 0 aromatic carbocycles. The predicted octanol–water partition coefficient (Wildman–Crippen LogP) is 0.426. The van der Waals surface area contributed by atoms with Gasteiger partial charge in [0.05, 0.1) is 0 Å². The van der Waals surface area contributed by atoms with Gasteiger partial charge in [0, 0.05) is 18.6 Å². The van der Waals surface area contributed by atoms with Gasteiger partial charge in [-0.2, -0.15) is 4.98 Å². The number of hydrogen-bond donors (Lipinski definition) is 3. The summed E-state index contributed by atoms with van der Waals surface area (Å²) in [5.74, 6) is 1.01. The van der Waals surface area contributed by atoms with E-state index >= 15 is 0 Å². The molecule has 2 saturated heterocycles. The van der Waals surface area contributed by atoms with Gasteiger partial charge in [-0.3, -0.25) is 4.90 Å². The number of hydrogen-bond acceptors (Lipinski definition) is 5. The molecule has 2 aliphatic rings. The number of rotatable bonds is 2. The molecule has 0 spiro atoms. The molecule has 3 rings (SSSR count). The van der Waals surface area contributed by atoms with E-state index in [1.54, 1.807) is 0 Å². The normalized spacial score (nSPS) is 30.2. The molecule has 2 fully saturated rings. The Morgan fingerprint density at radius 2 is 2.25 bits per heavy atom. The number of nitrogens with two attached hydrogens (primary N) is 1. The van der Waals surface area contributed by atoms with Crippen molar-refractivity contribution in [3.8, 4) is 0 Å². The fourth-order valence-electron chi connectivity index (χ4n) is 2.92. The van der Waals surface area contributed by atoms with Crippen molar-refractivity contribution in [3.63, 3.8) is 0 Å². The number of anilines is 2. The van der Waals surface area contributed by atoms with E-state index in [9.17, 15) is 0 Å². The summed E-state index contributed by atoms with van der Waals surface area (Å²) in [7, 11) is 0. The second-order valence-electron chi connectivity index (χ2n) is 4.68. The van der Waals surface area contributed by atoms with Crippen molar-refractivity contribution in [1.82, 2.24) is 20.1 Å². The van der Waals surface area contributed by atoms with Crippen molar-refractivity contribution in [2.75, 3.05) is 24.1 Å². The molecule has 6 nitrogen and oxygen atoms in total. The van der Waals surface area contributed by atoms with E-state index in [2.05, 4.69) is 25.4 Å². The Balaban J connectivity index is 1.67.